The number of anilines is 1. The summed E-state index contributed by atoms with van der Waals surface area (Å²) >= 11 is 0. The zero-order valence-corrected chi connectivity index (χ0v) is 16.3. The van der Waals surface area contributed by atoms with Gasteiger partial charge in [-0.25, -0.2) is 4.79 Å². The van der Waals surface area contributed by atoms with E-state index in [0.29, 0.717) is 30.8 Å². The van der Waals surface area contributed by atoms with Gasteiger partial charge in [-0.15, -0.1) is 0 Å². The number of nitrogens with zero attached hydrogens (tertiary/aromatic N) is 4. The van der Waals surface area contributed by atoms with Crippen LogP contribution in [0.2, 0.25) is 0 Å². The Morgan fingerprint density at radius 3 is 2.75 bits per heavy atom. The molecule has 0 aliphatic carbocycles. The molecule has 0 radical (unpaired) electrons. The first-order chi connectivity index (χ1) is 13.4. The van der Waals surface area contributed by atoms with Crippen molar-refractivity contribution in [2.75, 3.05) is 26.4 Å². The van der Waals surface area contributed by atoms with Crippen molar-refractivity contribution < 1.29 is 9.59 Å². The fraction of sp³-hybridized carbons (Fsp3) is 0.286. The molecule has 1 aliphatic heterocycles. The van der Waals surface area contributed by atoms with Crippen molar-refractivity contribution in [1.29, 1.82) is 0 Å². The minimum absolute atomic E-state index is 0.0369. The van der Waals surface area contributed by atoms with Crippen molar-refractivity contribution in [3.05, 3.63) is 59.0 Å². The fourth-order valence-electron chi connectivity index (χ4n) is 3.90. The highest BCUT2D eigenvalue weighted by Crippen LogP contribution is 2.28. The van der Waals surface area contributed by atoms with E-state index in [9.17, 15) is 9.59 Å². The van der Waals surface area contributed by atoms with Crippen LogP contribution < -0.4 is 5.73 Å². The number of aromatic nitrogens is 2. The number of hydrogen-bond acceptors (Lipinski definition) is 4. The van der Waals surface area contributed by atoms with Crippen LogP contribution in [-0.4, -0.2) is 51.9 Å². The van der Waals surface area contributed by atoms with Crippen LogP contribution in [-0.2, 0) is 13.0 Å². The van der Waals surface area contributed by atoms with Crippen molar-refractivity contribution in [2.24, 2.45) is 0 Å². The summed E-state index contributed by atoms with van der Waals surface area (Å²) in [5, 5.41) is 0.869. The molecule has 2 aromatic heterocycles. The summed E-state index contributed by atoms with van der Waals surface area (Å²) in [5.41, 5.74) is 10.8. The van der Waals surface area contributed by atoms with Crippen LogP contribution in [0.3, 0.4) is 0 Å². The van der Waals surface area contributed by atoms with Crippen LogP contribution in [0.25, 0.3) is 10.9 Å². The molecule has 0 atom stereocenters. The van der Waals surface area contributed by atoms with Crippen LogP contribution in [0.1, 0.15) is 27.2 Å². The lowest BCUT2D eigenvalue weighted by Crippen LogP contribution is -2.42. The van der Waals surface area contributed by atoms with E-state index in [4.69, 9.17) is 5.73 Å². The number of carbonyl (C=O) groups is 2. The van der Waals surface area contributed by atoms with Crippen molar-refractivity contribution in [3.63, 3.8) is 0 Å². The second-order valence-electron chi connectivity index (χ2n) is 7.38. The van der Waals surface area contributed by atoms with Gasteiger partial charge in [-0.05, 0) is 42.7 Å². The largest absolute Gasteiger partial charge is 0.398 e. The molecule has 0 saturated carbocycles. The third-order valence-corrected chi connectivity index (χ3v) is 5.29. The Kier molecular flexibility index (Phi) is 4.30. The van der Waals surface area contributed by atoms with Gasteiger partial charge >= 0.3 is 6.03 Å². The lowest BCUT2D eigenvalue weighted by atomic mass is 9.96. The molecular formula is C21H23N5O2. The first kappa shape index (κ1) is 18.0. The smallest absolute Gasteiger partial charge is 0.319 e. The number of aryl methyl sites for hydroxylation is 1. The van der Waals surface area contributed by atoms with Gasteiger partial charge in [0.05, 0.1) is 11.1 Å². The number of rotatable bonds is 1. The second kappa shape index (κ2) is 6.67. The molecule has 28 heavy (non-hydrogen) atoms. The highest BCUT2D eigenvalue weighted by atomic mass is 16.2. The Balaban J connectivity index is 1.76. The number of fused-ring (bicyclic) bond motifs is 2. The molecule has 7 nitrogen and oxygen atoms in total. The molecule has 144 valence electrons. The van der Waals surface area contributed by atoms with E-state index < -0.39 is 0 Å². The van der Waals surface area contributed by atoms with Crippen molar-refractivity contribution in [3.8, 4) is 0 Å². The van der Waals surface area contributed by atoms with Crippen LogP contribution in [0.15, 0.2) is 36.7 Å². The Hall–Kier alpha value is -3.35. The molecule has 2 N–H and O–H groups in total. The summed E-state index contributed by atoms with van der Waals surface area (Å²) in [5.74, 6) is -0.116. The first-order valence-corrected chi connectivity index (χ1v) is 9.21. The third-order valence-electron chi connectivity index (χ3n) is 5.29. The van der Waals surface area contributed by atoms with Gasteiger partial charge in [0, 0.05) is 56.3 Å². The quantitative estimate of drug-likeness (QED) is 0.661. The van der Waals surface area contributed by atoms with Crippen LogP contribution in [0.4, 0.5) is 10.5 Å². The highest BCUT2D eigenvalue weighted by molar-refractivity contribution is 6.06. The highest BCUT2D eigenvalue weighted by Gasteiger charge is 2.27. The van der Waals surface area contributed by atoms with Crippen molar-refractivity contribution in [1.82, 2.24) is 19.4 Å². The Morgan fingerprint density at radius 1 is 1.21 bits per heavy atom. The first-order valence-electron chi connectivity index (χ1n) is 9.21. The normalized spacial score (nSPS) is 13.5. The summed E-state index contributed by atoms with van der Waals surface area (Å²) in [6.07, 6.45) is 4.00. The van der Waals surface area contributed by atoms with Gasteiger partial charge in [0.25, 0.3) is 5.91 Å². The molecule has 0 fully saturated rings. The number of nitrogen functional groups attached to an aromatic ring is 1. The topological polar surface area (TPSA) is 84.5 Å². The van der Waals surface area contributed by atoms with Gasteiger partial charge in [0.15, 0.2) is 0 Å². The van der Waals surface area contributed by atoms with E-state index in [0.717, 1.165) is 27.7 Å². The maximum absolute atomic E-state index is 13.4. The van der Waals surface area contributed by atoms with Crippen molar-refractivity contribution in [2.45, 2.75) is 19.9 Å². The maximum Gasteiger partial charge on any atom is 0.319 e. The molecule has 0 bridgehead atoms. The van der Waals surface area contributed by atoms with E-state index >= 15 is 0 Å². The van der Waals surface area contributed by atoms with Gasteiger partial charge in [0.1, 0.15) is 0 Å². The minimum atomic E-state index is -0.116. The number of pyridine rings is 1. The molecule has 0 spiro atoms. The fourth-order valence-corrected chi connectivity index (χ4v) is 3.90. The number of urea groups is 1. The zero-order valence-electron chi connectivity index (χ0n) is 16.3. The van der Waals surface area contributed by atoms with Gasteiger partial charge in [-0.2, -0.15) is 0 Å². The third kappa shape index (κ3) is 2.79. The molecule has 7 heteroatoms. The summed E-state index contributed by atoms with van der Waals surface area (Å²) < 4.78 is 1.69. The van der Waals surface area contributed by atoms with Crippen LogP contribution in [0, 0.1) is 6.92 Å². The number of carbonyl (C=O) groups excluding carboxylic acids is 2. The van der Waals surface area contributed by atoms with Gasteiger partial charge in [-0.1, -0.05) is 6.07 Å². The van der Waals surface area contributed by atoms with E-state index in [-0.39, 0.29) is 11.9 Å². The van der Waals surface area contributed by atoms with Crippen LogP contribution >= 0.6 is 0 Å². The monoisotopic (exact) mass is 377 g/mol. The number of benzene rings is 1. The summed E-state index contributed by atoms with van der Waals surface area (Å²) in [6.45, 7) is 2.93. The number of amides is 2. The van der Waals surface area contributed by atoms with E-state index in [1.807, 2.05) is 31.2 Å². The van der Waals surface area contributed by atoms with Crippen LogP contribution in [0.5, 0.6) is 0 Å². The molecule has 0 unspecified atom stereocenters. The summed E-state index contributed by atoms with van der Waals surface area (Å²) in [7, 11) is 3.48. The molecule has 1 aliphatic rings. The van der Waals surface area contributed by atoms with E-state index in [2.05, 4.69) is 4.98 Å². The standard InChI is InChI=1S/C21H23N5O2/c1-13-9-16-18(22)5-4-6-19(16)26(13)20(27)17-11-23-10-14-12-25(8-7-15(14)17)21(28)24(2)3/h4-6,9-11H,7-8,12,22H2,1-3H3. The zero-order chi connectivity index (χ0) is 20.0. The predicted octanol–water partition coefficient (Wildman–Crippen LogP) is 2.66. The lowest BCUT2D eigenvalue weighted by Gasteiger charge is -2.31. The average Bonchev–Trinajstić information content (AvgIpc) is 3.03. The van der Waals surface area contributed by atoms with Gasteiger partial charge in [-0.3, -0.25) is 14.3 Å². The molecule has 4 rings (SSSR count). The summed E-state index contributed by atoms with van der Waals surface area (Å²) in [4.78, 5) is 33.3. The summed E-state index contributed by atoms with van der Waals surface area (Å²) in [6, 6.07) is 7.48. The average molecular weight is 377 g/mol. The SMILES string of the molecule is Cc1cc2c(N)cccc2n1C(=O)c1cncc2c1CCN(C(=O)N(C)C)C2. The predicted molar refractivity (Wildman–Crippen MR) is 108 cm³/mol. The Labute approximate surface area is 163 Å². The molecular weight excluding hydrogens is 354 g/mol. The second-order valence-corrected chi connectivity index (χ2v) is 7.38. The Bertz CT molecular complexity index is 1100. The molecule has 1 aromatic carbocycles. The van der Waals surface area contributed by atoms with Crippen molar-refractivity contribution >= 4 is 28.5 Å². The van der Waals surface area contributed by atoms with Gasteiger partial charge in [0.2, 0.25) is 0 Å². The number of hydrogen-bond donors (Lipinski definition) is 1. The number of nitrogens with two attached hydrogens (primary N) is 1. The maximum atomic E-state index is 13.4. The molecule has 3 heterocycles. The molecule has 3 aromatic rings. The van der Waals surface area contributed by atoms with E-state index in [1.54, 1.807) is 40.9 Å². The lowest BCUT2D eigenvalue weighted by molar-refractivity contribution is 0.0961. The molecule has 0 saturated heterocycles. The molecule has 2 amide bonds. The van der Waals surface area contributed by atoms with Gasteiger partial charge < -0.3 is 15.5 Å². The Morgan fingerprint density at radius 2 is 2.00 bits per heavy atom. The minimum Gasteiger partial charge on any atom is -0.398 e. The van der Waals surface area contributed by atoms with E-state index in [1.165, 1.54) is 0 Å².